The van der Waals surface area contributed by atoms with Crippen LogP contribution in [0.25, 0.3) is 32.9 Å². The second-order valence-corrected chi connectivity index (χ2v) is 6.82. The molecule has 0 aliphatic carbocycles. The fraction of sp³-hybridized carbons (Fsp3) is 0. The summed E-state index contributed by atoms with van der Waals surface area (Å²) in [5.74, 6) is 0.531. The van der Waals surface area contributed by atoms with Gasteiger partial charge in [-0.2, -0.15) is 4.42 Å². The van der Waals surface area contributed by atoms with Crippen LogP contribution in [0.2, 0.25) is 0 Å². The molecule has 0 N–H and O–H groups in total. The van der Waals surface area contributed by atoms with Crippen molar-refractivity contribution in [3.05, 3.63) is 76.5 Å². The van der Waals surface area contributed by atoms with Crippen molar-refractivity contribution in [1.82, 2.24) is 0 Å². The number of halogens is 1. The van der Waals surface area contributed by atoms with E-state index in [2.05, 4.69) is 0 Å². The molecule has 0 aliphatic heterocycles. The lowest BCUT2D eigenvalue weighted by atomic mass is 10.1. The van der Waals surface area contributed by atoms with Crippen LogP contribution in [-0.2, 0) is 0 Å². The van der Waals surface area contributed by atoms with Gasteiger partial charge in [0.05, 0.1) is 5.56 Å². The van der Waals surface area contributed by atoms with E-state index in [1.54, 1.807) is 6.07 Å². The lowest BCUT2D eigenvalue weighted by molar-refractivity contribution is -2.00. The maximum absolute atomic E-state index is 12.2. The number of fused-ring (bicyclic) bond motifs is 1. The van der Waals surface area contributed by atoms with Gasteiger partial charge in [-0.3, -0.25) is 0 Å². The first-order chi connectivity index (χ1) is 12.8. The third-order valence-electron chi connectivity index (χ3n) is 3.39. The van der Waals surface area contributed by atoms with Gasteiger partial charge in [0, 0.05) is 5.39 Å². The summed E-state index contributed by atoms with van der Waals surface area (Å²) in [5, 5.41) is 3.48. The van der Waals surface area contributed by atoms with Gasteiger partial charge in [0.25, 0.3) is 0 Å². The van der Waals surface area contributed by atoms with E-state index >= 15 is 0 Å². The molecular weight excluding hydrogens is 396 g/mol. The summed E-state index contributed by atoms with van der Waals surface area (Å²) in [6.45, 7) is 0. The topological polar surface area (TPSA) is 134 Å². The van der Waals surface area contributed by atoms with Crippen LogP contribution in [0.15, 0.2) is 79.7 Å². The molecule has 0 unspecified atom stereocenters. The molecule has 27 heavy (non-hydrogen) atoms. The first-order valence-corrected chi connectivity index (χ1v) is 9.55. The normalized spacial score (nSPS) is 11.1. The van der Waals surface area contributed by atoms with Gasteiger partial charge in [-0.25, -0.2) is 23.4 Å². The quantitative estimate of drug-likeness (QED) is 0.345. The van der Waals surface area contributed by atoms with Gasteiger partial charge in [-0.05, 0) is 35.6 Å². The average molecular weight is 407 g/mol. The van der Waals surface area contributed by atoms with Crippen molar-refractivity contribution in [2.45, 2.75) is 0 Å². The van der Waals surface area contributed by atoms with Gasteiger partial charge in [0.15, 0.2) is 5.56 Å². The van der Waals surface area contributed by atoms with E-state index < -0.39 is 10.2 Å². The van der Waals surface area contributed by atoms with Gasteiger partial charge in [0.1, 0.15) is 11.0 Å². The number of hydrogen-bond donors (Lipinski definition) is 0. The second kappa shape index (κ2) is 7.97. The Morgan fingerprint density at radius 2 is 1.56 bits per heavy atom. The Kier molecular flexibility index (Phi) is 5.66. The Balaban J connectivity index is 0.000000376. The first-order valence-electron chi connectivity index (χ1n) is 7.43. The molecule has 2 heterocycles. The highest BCUT2D eigenvalue weighted by atomic mass is 35.7. The fourth-order valence-electron chi connectivity index (χ4n) is 2.31. The highest BCUT2D eigenvalue weighted by Crippen LogP contribution is 2.32. The molecule has 138 valence electrons. The predicted octanol–water partition coefficient (Wildman–Crippen LogP) is 0.307. The molecule has 7 nitrogen and oxygen atoms in total. The molecular formula is C18H11ClO7S. The molecule has 0 radical (unpaired) electrons. The van der Waals surface area contributed by atoms with E-state index in [9.17, 15) is 4.79 Å². The molecule has 0 bridgehead atoms. The molecule has 0 aliphatic rings. The fourth-order valence-corrected chi connectivity index (χ4v) is 3.11. The van der Waals surface area contributed by atoms with Crippen LogP contribution in [-0.4, -0.2) is 0 Å². The van der Waals surface area contributed by atoms with Crippen LogP contribution in [0.5, 0.6) is 0 Å². The summed E-state index contributed by atoms with van der Waals surface area (Å²) in [4.78, 5) is 12.2. The van der Waals surface area contributed by atoms with Crippen LogP contribution >= 0.6 is 11.3 Å². The summed E-state index contributed by atoms with van der Waals surface area (Å²) in [5.41, 5.74) is 1.62. The van der Waals surface area contributed by atoms with Gasteiger partial charge in [-0.1, -0.05) is 36.4 Å². The predicted molar refractivity (Wildman–Crippen MR) is 87.9 cm³/mol. The lowest BCUT2D eigenvalue weighted by Gasteiger charge is -2.17. The SMILES string of the molecule is O=c1oc2ccccc2cc1-c1csc(-c2ccccc2)[o+]1.[O-][Cl+3]([O-])([O-])[O-]. The molecule has 0 fully saturated rings. The summed E-state index contributed by atoms with van der Waals surface area (Å²) in [7, 11) is -4.94. The number of para-hydroxylation sites is 1. The maximum atomic E-state index is 12.2. The van der Waals surface area contributed by atoms with Gasteiger partial charge in [0.2, 0.25) is 0 Å². The van der Waals surface area contributed by atoms with Crippen molar-refractivity contribution in [2.24, 2.45) is 0 Å². The van der Waals surface area contributed by atoms with Crippen LogP contribution in [0.3, 0.4) is 0 Å². The average Bonchev–Trinajstić information content (AvgIpc) is 3.10. The summed E-state index contributed by atoms with van der Waals surface area (Å²) in [6.07, 6.45) is 0. The van der Waals surface area contributed by atoms with E-state index in [-0.39, 0.29) is 5.63 Å². The van der Waals surface area contributed by atoms with E-state index in [0.717, 1.165) is 16.0 Å². The van der Waals surface area contributed by atoms with Gasteiger partial charge < -0.3 is 4.42 Å². The van der Waals surface area contributed by atoms with Crippen molar-refractivity contribution in [3.8, 4) is 22.0 Å². The van der Waals surface area contributed by atoms with E-state index in [1.165, 1.54) is 11.3 Å². The van der Waals surface area contributed by atoms with Crippen LogP contribution in [0.1, 0.15) is 0 Å². The number of hydrogen-bond acceptors (Lipinski definition) is 7. The van der Waals surface area contributed by atoms with Crippen molar-refractivity contribution >= 4 is 22.3 Å². The van der Waals surface area contributed by atoms with Crippen molar-refractivity contribution in [2.75, 3.05) is 0 Å². The standard InChI is InChI=1S/C18H11O3S.ClHO4/c19-17-14(10-13-8-4-5-9-15(13)20-17)16-11-22-18(21-16)12-6-2-1-3-7-12;2-1(3,4)5/h1-11H;(H,2,3,4,5)/q+1;/p-1. The van der Waals surface area contributed by atoms with E-state index in [0.29, 0.717) is 16.9 Å². The summed E-state index contributed by atoms with van der Waals surface area (Å²) < 4.78 is 45.2. The Hall–Kier alpha value is -2.59. The minimum Gasteiger partial charge on any atom is -0.422 e. The summed E-state index contributed by atoms with van der Waals surface area (Å²) >= 11 is 1.46. The third-order valence-corrected chi connectivity index (χ3v) is 4.26. The van der Waals surface area contributed by atoms with Crippen LogP contribution in [0, 0.1) is 10.2 Å². The Morgan fingerprint density at radius 1 is 0.926 bits per heavy atom. The van der Waals surface area contributed by atoms with Crippen molar-refractivity contribution in [3.63, 3.8) is 0 Å². The van der Waals surface area contributed by atoms with Gasteiger partial charge >= 0.3 is 16.5 Å². The molecule has 0 spiro atoms. The van der Waals surface area contributed by atoms with E-state index in [4.69, 9.17) is 27.5 Å². The second-order valence-electron chi connectivity index (χ2n) is 5.22. The maximum Gasteiger partial charge on any atom is 0.417 e. The Morgan fingerprint density at radius 3 is 2.26 bits per heavy atom. The van der Waals surface area contributed by atoms with Crippen LogP contribution in [0.4, 0.5) is 0 Å². The molecule has 4 aromatic rings. The first kappa shape index (κ1) is 19.2. The van der Waals surface area contributed by atoms with Crippen LogP contribution < -0.4 is 24.3 Å². The lowest BCUT2D eigenvalue weighted by Crippen LogP contribution is -2.68. The zero-order valence-corrected chi connectivity index (χ0v) is 15.1. The third kappa shape index (κ3) is 5.20. The molecule has 2 aromatic carbocycles. The molecule has 0 saturated carbocycles. The smallest absolute Gasteiger partial charge is 0.417 e. The van der Waals surface area contributed by atoms with Gasteiger partial charge in [-0.15, -0.1) is 10.2 Å². The van der Waals surface area contributed by atoms with Crippen molar-refractivity contribution in [1.29, 1.82) is 0 Å². The van der Waals surface area contributed by atoms with Crippen molar-refractivity contribution < 1.29 is 37.7 Å². The minimum atomic E-state index is -4.94. The summed E-state index contributed by atoms with van der Waals surface area (Å²) in [6, 6.07) is 19.1. The zero-order valence-electron chi connectivity index (χ0n) is 13.5. The molecule has 2 aromatic heterocycles. The van der Waals surface area contributed by atoms with E-state index in [1.807, 2.05) is 60.0 Å². The Labute approximate surface area is 158 Å². The number of rotatable bonds is 2. The monoisotopic (exact) mass is 406 g/mol. The Bertz CT molecular complexity index is 1090. The molecule has 0 atom stereocenters. The highest BCUT2D eigenvalue weighted by molar-refractivity contribution is 7.13. The number of benzene rings is 2. The molecule has 0 amide bonds. The molecule has 4 rings (SSSR count). The molecule has 0 saturated heterocycles. The largest absolute Gasteiger partial charge is 0.422 e. The minimum absolute atomic E-state index is 0.389. The molecule has 9 heteroatoms. The zero-order chi connectivity index (χ0) is 19.4. The highest BCUT2D eigenvalue weighted by Gasteiger charge is 2.24.